The summed E-state index contributed by atoms with van der Waals surface area (Å²) in [5, 5.41) is 0. The number of carbonyl (C=O) groups is 1. The molecule has 0 aromatic carbocycles. The van der Waals surface area contributed by atoms with Crippen molar-refractivity contribution in [1.29, 1.82) is 0 Å². The first-order valence-corrected chi connectivity index (χ1v) is 4.30. The zero-order valence-corrected chi connectivity index (χ0v) is 7.54. The van der Waals surface area contributed by atoms with E-state index in [9.17, 15) is 4.79 Å². The van der Waals surface area contributed by atoms with Crippen LogP contribution in [0.4, 0.5) is 0 Å². The molecule has 0 aliphatic carbocycles. The highest BCUT2D eigenvalue weighted by Gasteiger charge is 2.24. The first-order valence-electron chi connectivity index (χ1n) is 4.30. The minimum atomic E-state index is -0.164. The standard InChI is InChI=1S/C10H14O2/c1-3-4-5-6-9-7-8(2)12-10(9)11/h4-6,8H,3,7H2,1-2H3/b5-4+,9-6-. The van der Waals surface area contributed by atoms with E-state index in [1.54, 1.807) is 0 Å². The number of rotatable bonds is 2. The summed E-state index contributed by atoms with van der Waals surface area (Å²) >= 11 is 0. The molecule has 0 N–H and O–H groups in total. The third kappa shape index (κ3) is 2.22. The van der Waals surface area contributed by atoms with Crippen molar-refractivity contribution < 1.29 is 9.53 Å². The van der Waals surface area contributed by atoms with Crippen LogP contribution in [0.5, 0.6) is 0 Å². The molecule has 1 atom stereocenters. The van der Waals surface area contributed by atoms with E-state index < -0.39 is 0 Å². The lowest BCUT2D eigenvalue weighted by molar-refractivity contribution is -0.138. The first kappa shape index (κ1) is 9.04. The van der Waals surface area contributed by atoms with Crippen LogP contribution < -0.4 is 0 Å². The molecule has 0 radical (unpaired) electrons. The molecule has 1 saturated heterocycles. The third-order valence-corrected chi connectivity index (χ3v) is 1.75. The highest BCUT2D eigenvalue weighted by atomic mass is 16.5. The van der Waals surface area contributed by atoms with Crippen molar-refractivity contribution in [2.45, 2.75) is 32.8 Å². The topological polar surface area (TPSA) is 26.3 Å². The predicted octanol–water partition coefficient (Wildman–Crippen LogP) is 2.21. The highest BCUT2D eigenvalue weighted by Crippen LogP contribution is 2.19. The molecule has 1 rings (SSSR count). The Bertz CT molecular complexity index is 226. The molecule has 1 aliphatic rings. The summed E-state index contributed by atoms with van der Waals surface area (Å²) in [4.78, 5) is 11.1. The van der Waals surface area contributed by atoms with Crippen molar-refractivity contribution in [1.82, 2.24) is 0 Å². The van der Waals surface area contributed by atoms with Crippen LogP contribution in [0.25, 0.3) is 0 Å². The molecule has 66 valence electrons. The van der Waals surface area contributed by atoms with Gasteiger partial charge in [0.1, 0.15) is 6.10 Å². The SMILES string of the molecule is CC/C=C/C=C1/CC(C)OC1=O. The van der Waals surface area contributed by atoms with Gasteiger partial charge in [0, 0.05) is 12.0 Å². The smallest absolute Gasteiger partial charge is 0.334 e. The normalized spacial score (nSPS) is 27.0. The molecule has 12 heavy (non-hydrogen) atoms. The zero-order chi connectivity index (χ0) is 8.97. The molecular weight excluding hydrogens is 152 g/mol. The Morgan fingerprint density at radius 1 is 1.67 bits per heavy atom. The first-order chi connectivity index (χ1) is 5.74. The van der Waals surface area contributed by atoms with Crippen LogP contribution in [0.3, 0.4) is 0 Å². The average Bonchev–Trinajstić information content (AvgIpc) is 2.31. The van der Waals surface area contributed by atoms with Crippen LogP contribution in [0.2, 0.25) is 0 Å². The Labute approximate surface area is 72.9 Å². The maximum atomic E-state index is 11.1. The van der Waals surface area contributed by atoms with Gasteiger partial charge in [-0.3, -0.25) is 0 Å². The molecular formula is C10H14O2. The van der Waals surface area contributed by atoms with Crippen LogP contribution in [0, 0.1) is 0 Å². The summed E-state index contributed by atoms with van der Waals surface area (Å²) in [5.41, 5.74) is 0.784. The number of allylic oxidation sites excluding steroid dienone is 3. The van der Waals surface area contributed by atoms with Crippen LogP contribution in [-0.4, -0.2) is 12.1 Å². The number of carbonyl (C=O) groups excluding carboxylic acids is 1. The lowest BCUT2D eigenvalue weighted by atomic mass is 10.1. The number of ether oxygens (including phenoxy) is 1. The second-order valence-corrected chi connectivity index (χ2v) is 2.95. The van der Waals surface area contributed by atoms with E-state index in [0.717, 1.165) is 18.4 Å². The monoisotopic (exact) mass is 166 g/mol. The second kappa shape index (κ2) is 4.10. The molecule has 1 unspecified atom stereocenters. The van der Waals surface area contributed by atoms with Crippen molar-refractivity contribution in [3.8, 4) is 0 Å². The molecule has 0 bridgehead atoms. The van der Waals surface area contributed by atoms with Gasteiger partial charge >= 0.3 is 5.97 Å². The molecule has 0 aromatic heterocycles. The molecule has 0 saturated carbocycles. The molecule has 0 spiro atoms. The van der Waals surface area contributed by atoms with E-state index in [1.807, 2.05) is 25.2 Å². The van der Waals surface area contributed by atoms with E-state index in [0.29, 0.717) is 0 Å². The Balaban J connectivity index is 2.57. The number of hydrogen-bond acceptors (Lipinski definition) is 2. The lowest BCUT2D eigenvalue weighted by Gasteiger charge is -1.94. The van der Waals surface area contributed by atoms with E-state index >= 15 is 0 Å². The van der Waals surface area contributed by atoms with E-state index in [1.165, 1.54) is 0 Å². The summed E-state index contributed by atoms with van der Waals surface area (Å²) in [7, 11) is 0. The van der Waals surface area contributed by atoms with E-state index in [2.05, 4.69) is 6.92 Å². The van der Waals surface area contributed by atoms with E-state index in [4.69, 9.17) is 4.74 Å². The Hall–Kier alpha value is -1.05. The quantitative estimate of drug-likeness (QED) is 0.464. The van der Waals surface area contributed by atoms with Crippen molar-refractivity contribution >= 4 is 5.97 Å². The summed E-state index contributed by atoms with van der Waals surface area (Å²) in [5.74, 6) is -0.164. The van der Waals surface area contributed by atoms with Crippen molar-refractivity contribution in [2.24, 2.45) is 0 Å². The molecule has 0 aromatic rings. The van der Waals surface area contributed by atoms with Crippen molar-refractivity contribution in [2.75, 3.05) is 0 Å². The summed E-state index contributed by atoms with van der Waals surface area (Å²) in [6.07, 6.45) is 7.56. The van der Waals surface area contributed by atoms with E-state index in [-0.39, 0.29) is 12.1 Å². The largest absolute Gasteiger partial charge is 0.459 e. The van der Waals surface area contributed by atoms with Crippen LogP contribution in [-0.2, 0) is 9.53 Å². The fourth-order valence-corrected chi connectivity index (χ4v) is 1.15. The molecule has 1 fully saturated rings. The molecule has 1 heterocycles. The van der Waals surface area contributed by atoms with Gasteiger partial charge < -0.3 is 4.74 Å². The Kier molecular flexibility index (Phi) is 3.09. The average molecular weight is 166 g/mol. The molecule has 2 nitrogen and oxygen atoms in total. The van der Waals surface area contributed by atoms with Gasteiger partial charge in [-0.2, -0.15) is 0 Å². The number of esters is 1. The van der Waals surface area contributed by atoms with Crippen LogP contribution >= 0.6 is 0 Å². The second-order valence-electron chi connectivity index (χ2n) is 2.95. The maximum absolute atomic E-state index is 11.1. The van der Waals surface area contributed by atoms with Crippen molar-refractivity contribution in [3.63, 3.8) is 0 Å². The summed E-state index contributed by atoms with van der Waals surface area (Å²) in [6.45, 7) is 3.97. The lowest BCUT2D eigenvalue weighted by Crippen LogP contribution is -1.99. The van der Waals surface area contributed by atoms with Crippen LogP contribution in [0.1, 0.15) is 26.7 Å². The fraction of sp³-hybridized carbons (Fsp3) is 0.500. The summed E-state index contributed by atoms with van der Waals surface area (Å²) in [6, 6.07) is 0. The van der Waals surface area contributed by atoms with Gasteiger partial charge in [-0.25, -0.2) is 4.79 Å². The fourth-order valence-electron chi connectivity index (χ4n) is 1.15. The van der Waals surface area contributed by atoms with Gasteiger partial charge in [0.15, 0.2) is 0 Å². The van der Waals surface area contributed by atoms with Crippen LogP contribution in [0.15, 0.2) is 23.8 Å². The number of cyclic esters (lactones) is 1. The summed E-state index contributed by atoms with van der Waals surface area (Å²) < 4.78 is 4.96. The van der Waals surface area contributed by atoms with Gasteiger partial charge in [0.25, 0.3) is 0 Å². The Morgan fingerprint density at radius 3 is 2.92 bits per heavy atom. The van der Waals surface area contributed by atoms with Gasteiger partial charge in [0.2, 0.25) is 0 Å². The minimum absolute atomic E-state index is 0.0544. The van der Waals surface area contributed by atoms with Gasteiger partial charge in [0.05, 0.1) is 0 Å². The zero-order valence-electron chi connectivity index (χ0n) is 7.54. The van der Waals surface area contributed by atoms with Gasteiger partial charge in [-0.15, -0.1) is 0 Å². The molecule has 1 aliphatic heterocycles. The highest BCUT2D eigenvalue weighted by molar-refractivity contribution is 5.90. The predicted molar refractivity (Wildman–Crippen MR) is 47.7 cm³/mol. The molecule has 2 heteroatoms. The maximum Gasteiger partial charge on any atom is 0.334 e. The van der Waals surface area contributed by atoms with Gasteiger partial charge in [-0.1, -0.05) is 25.2 Å². The number of hydrogen-bond donors (Lipinski definition) is 0. The van der Waals surface area contributed by atoms with Gasteiger partial charge in [-0.05, 0) is 13.3 Å². The Morgan fingerprint density at radius 2 is 2.42 bits per heavy atom. The third-order valence-electron chi connectivity index (χ3n) is 1.75. The molecule has 0 amide bonds. The minimum Gasteiger partial charge on any atom is -0.459 e. The van der Waals surface area contributed by atoms with Crippen molar-refractivity contribution in [3.05, 3.63) is 23.8 Å².